The average Bonchev–Trinajstić information content (AvgIpc) is 3.02. The summed E-state index contributed by atoms with van der Waals surface area (Å²) in [6.07, 6.45) is 5.88. The van der Waals surface area contributed by atoms with Gasteiger partial charge in [-0.3, -0.25) is 0 Å². The first-order chi connectivity index (χ1) is 9.17. The lowest BCUT2D eigenvalue weighted by atomic mass is 9.81. The smallest absolute Gasteiger partial charge is 0.126 e. The minimum atomic E-state index is -0.348. The van der Waals surface area contributed by atoms with Crippen molar-refractivity contribution in [3.63, 3.8) is 0 Å². The van der Waals surface area contributed by atoms with Crippen LogP contribution in [0, 0.1) is 29.4 Å². The number of nitrogens with one attached hydrogen (secondary N) is 1. The van der Waals surface area contributed by atoms with Gasteiger partial charge in [-0.25, -0.2) is 8.78 Å². The number of hydrogen-bond donors (Lipinski definition) is 1. The van der Waals surface area contributed by atoms with Gasteiger partial charge < -0.3 is 5.32 Å². The van der Waals surface area contributed by atoms with Crippen LogP contribution in [0.3, 0.4) is 0 Å². The van der Waals surface area contributed by atoms with E-state index in [4.69, 9.17) is 0 Å². The van der Waals surface area contributed by atoms with E-state index in [1.165, 1.54) is 43.9 Å². The molecule has 1 nitrogen and oxygen atoms in total. The van der Waals surface area contributed by atoms with Crippen molar-refractivity contribution in [2.45, 2.75) is 38.1 Å². The molecule has 2 saturated carbocycles. The molecule has 4 unspecified atom stereocenters. The van der Waals surface area contributed by atoms with E-state index in [1.54, 1.807) is 0 Å². The Morgan fingerprint density at radius 2 is 2.11 bits per heavy atom. The molecule has 0 aromatic heterocycles. The summed E-state index contributed by atoms with van der Waals surface area (Å²) in [7, 11) is 1.94. The number of benzene rings is 1. The van der Waals surface area contributed by atoms with E-state index in [1.807, 2.05) is 7.05 Å². The summed E-state index contributed by atoms with van der Waals surface area (Å²) in [5, 5.41) is 3.33. The third kappa shape index (κ3) is 2.53. The van der Waals surface area contributed by atoms with Crippen LogP contribution < -0.4 is 5.32 Å². The van der Waals surface area contributed by atoms with E-state index >= 15 is 0 Å². The highest BCUT2D eigenvalue weighted by Gasteiger charge is 2.42. The first-order valence-electron chi connectivity index (χ1n) is 7.28. The van der Waals surface area contributed by atoms with Crippen LogP contribution in [0.5, 0.6) is 0 Å². The van der Waals surface area contributed by atoms with Crippen molar-refractivity contribution in [1.82, 2.24) is 5.32 Å². The summed E-state index contributed by atoms with van der Waals surface area (Å²) in [4.78, 5) is 0. The zero-order chi connectivity index (χ0) is 13.4. The maximum atomic E-state index is 13.7. The van der Waals surface area contributed by atoms with Crippen LogP contribution in [0.4, 0.5) is 8.78 Å². The summed E-state index contributed by atoms with van der Waals surface area (Å²) in [6.45, 7) is 0. The van der Waals surface area contributed by atoms with Crippen molar-refractivity contribution >= 4 is 0 Å². The first kappa shape index (κ1) is 13.0. The van der Waals surface area contributed by atoms with Crippen molar-refractivity contribution in [3.05, 3.63) is 35.4 Å². The van der Waals surface area contributed by atoms with E-state index in [-0.39, 0.29) is 17.7 Å². The normalized spacial score (nSPS) is 30.8. The van der Waals surface area contributed by atoms with Gasteiger partial charge in [0.25, 0.3) is 0 Å². The molecule has 104 valence electrons. The molecule has 3 heteroatoms. The standard InChI is InChI=1S/C16H21F2N/c1-19-16(14-7-10-2-3-11(14)6-10)9-12-8-13(17)4-5-15(12)18/h4-5,8,10-11,14,16,19H,2-3,6-7,9H2,1H3. The highest BCUT2D eigenvalue weighted by Crippen LogP contribution is 2.49. The molecule has 3 rings (SSSR count). The van der Waals surface area contributed by atoms with Crippen LogP contribution in [-0.4, -0.2) is 13.1 Å². The first-order valence-corrected chi connectivity index (χ1v) is 7.28. The van der Waals surface area contributed by atoms with Crippen LogP contribution in [-0.2, 0) is 6.42 Å². The highest BCUT2D eigenvalue weighted by molar-refractivity contribution is 5.20. The number of hydrogen-bond acceptors (Lipinski definition) is 1. The summed E-state index contributed by atoms with van der Waals surface area (Å²) in [6, 6.07) is 4.03. The molecule has 2 aliphatic rings. The van der Waals surface area contributed by atoms with Gasteiger partial charge in [-0.2, -0.15) is 0 Å². The van der Waals surface area contributed by atoms with Crippen LogP contribution in [0.2, 0.25) is 0 Å². The van der Waals surface area contributed by atoms with Crippen molar-refractivity contribution in [2.24, 2.45) is 17.8 Å². The number of fused-ring (bicyclic) bond motifs is 2. The second-order valence-corrected chi connectivity index (χ2v) is 6.17. The van der Waals surface area contributed by atoms with Gasteiger partial charge in [0.05, 0.1) is 0 Å². The predicted octanol–water partition coefficient (Wildman–Crippen LogP) is 3.53. The van der Waals surface area contributed by atoms with Crippen LogP contribution in [0.1, 0.15) is 31.2 Å². The van der Waals surface area contributed by atoms with Crippen LogP contribution in [0.15, 0.2) is 18.2 Å². The largest absolute Gasteiger partial charge is 0.316 e. The second kappa shape index (κ2) is 5.20. The molecule has 2 aliphatic carbocycles. The summed E-state index contributed by atoms with van der Waals surface area (Å²) < 4.78 is 27.0. The lowest BCUT2D eigenvalue weighted by molar-refractivity contribution is 0.254. The van der Waals surface area contributed by atoms with Gasteiger partial charge in [0.15, 0.2) is 0 Å². The van der Waals surface area contributed by atoms with E-state index in [2.05, 4.69) is 5.32 Å². The lowest BCUT2D eigenvalue weighted by Crippen LogP contribution is -2.38. The van der Waals surface area contributed by atoms with Gasteiger partial charge >= 0.3 is 0 Å². The second-order valence-electron chi connectivity index (χ2n) is 6.17. The monoisotopic (exact) mass is 265 g/mol. The molecular formula is C16H21F2N. The molecule has 1 aromatic rings. The Labute approximate surface area is 113 Å². The highest BCUT2D eigenvalue weighted by atomic mass is 19.1. The maximum absolute atomic E-state index is 13.7. The SMILES string of the molecule is CNC(Cc1cc(F)ccc1F)C1CC2CCC1C2. The molecule has 1 N–H and O–H groups in total. The molecular weight excluding hydrogens is 244 g/mol. The fourth-order valence-electron chi connectivity index (χ4n) is 4.19. The van der Waals surface area contributed by atoms with E-state index < -0.39 is 0 Å². The molecule has 0 amide bonds. The Hall–Kier alpha value is -0.960. The van der Waals surface area contributed by atoms with E-state index in [9.17, 15) is 8.78 Å². The fourth-order valence-corrected chi connectivity index (χ4v) is 4.19. The Morgan fingerprint density at radius 1 is 1.26 bits per heavy atom. The maximum Gasteiger partial charge on any atom is 0.126 e. The van der Waals surface area contributed by atoms with Crippen molar-refractivity contribution in [3.8, 4) is 0 Å². The molecule has 0 aliphatic heterocycles. The van der Waals surface area contributed by atoms with Crippen molar-refractivity contribution < 1.29 is 8.78 Å². The Balaban J connectivity index is 1.74. The number of likely N-dealkylation sites (N-methyl/N-ethyl adjacent to an activating group) is 1. The third-order valence-electron chi connectivity index (χ3n) is 5.13. The molecule has 0 spiro atoms. The van der Waals surface area contributed by atoms with E-state index in [0.29, 0.717) is 17.9 Å². The number of rotatable bonds is 4. The lowest BCUT2D eigenvalue weighted by Gasteiger charge is -2.30. The number of halogens is 2. The van der Waals surface area contributed by atoms with Gasteiger partial charge in [-0.15, -0.1) is 0 Å². The molecule has 0 radical (unpaired) electrons. The molecule has 19 heavy (non-hydrogen) atoms. The Kier molecular flexibility index (Phi) is 3.57. The third-order valence-corrected chi connectivity index (χ3v) is 5.13. The minimum absolute atomic E-state index is 0.270. The zero-order valence-corrected chi connectivity index (χ0v) is 11.3. The molecule has 0 heterocycles. The van der Waals surface area contributed by atoms with Crippen molar-refractivity contribution in [1.29, 1.82) is 0 Å². The summed E-state index contributed by atoms with van der Waals surface area (Å²) in [5.41, 5.74) is 0.502. The Bertz CT molecular complexity index is 460. The topological polar surface area (TPSA) is 12.0 Å². The van der Waals surface area contributed by atoms with Gasteiger partial charge in [-0.1, -0.05) is 6.42 Å². The zero-order valence-electron chi connectivity index (χ0n) is 11.3. The quantitative estimate of drug-likeness (QED) is 0.878. The van der Waals surface area contributed by atoms with Gasteiger partial charge in [0.2, 0.25) is 0 Å². The van der Waals surface area contributed by atoms with Crippen LogP contribution >= 0.6 is 0 Å². The van der Waals surface area contributed by atoms with Gasteiger partial charge in [-0.05, 0) is 74.2 Å². The van der Waals surface area contributed by atoms with E-state index in [0.717, 1.165) is 11.8 Å². The molecule has 2 fully saturated rings. The summed E-state index contributed by atoms with van der Waals surface area (Å²) >= 11 is 0. The minimum Gasteiger partial charge on any atom is -0.316 e. The fraction of sp³-hybridized carbons (Fsp3) is 0.625. The van der Waals surface area contributed by atoms with Gasteiger partial charge in [0.1, 0.15) is 11.6 Å². The van der Waals surface area contributed by atoms with Gasteiger partial charge in [0, 0.05) is 6.04 Å². The average molecular weight is 265 g/mol. The van der Waals surface area contributed by atoms with Crippen molar-refractivity contribution in [2.75, 3.05) is 7.05 Å². The Morgan fingerprint density at radius 3 is 2.74 bits per heavy atom. The molecule has 0 saturated heterocycles. The molecule has 2 bridgehead atoms. The predicted molar refractivity (Wildman–Crippen MR) is 71.8 cm³/mol. The molecule has 4 atom stereocenters. The molecule has 1 aromatic carbocycles. The van der Waals surface area contributed by atoms with Crippen LogP contribution in [0.25, 0.3) is 0 Å². The summed E-state index contributed by atoms with van der Waals surface area (Å²) in [5.74, 6) is 1.66.